The Morgan fingerprint density at radius 3 is 2.77 bits per heavy atom. The van der Waals surface area contributed by atoms with Crippen LogP contribution in [0.2, 0.25) is 0 Å². The molecule has 2 rings (SSSR count). The molecule has 0 atom stereocenters. The third-order valence-electron chi connectivity index (χ3n) is 2.24. The fourth-order valence-electron chi connectivity index (χ4n) is 1.47. The fourth-order valence-corrected chi connectivity index (χ4v) is 1.47. The molecule has 0 spiro atoms. The molecule has 0 fully saturated rings. The van der Waals surface area contributed by atoms with Gasteiger partial charge < -0.3 is 4.98 Å². The predicted octanol–water partition coefficient (Wildman–Crippen LogP) is 3.24. The van der Waals surface area contributed by atoms with E-state index in [0.717, 1.165) is 6.42 Å². The molecule has 0 aliphatic carbocycles. The Hall–Kier alpha value is -1.50. The van der Waals surface area contributed by atoms with Crippen molar-refractivity contribution in [2.45, 2.75) is 13.3 Å². The second kappa shape index (κ2) is 3.48. The highest BCUT2D eigenvalue weighted by Crippen LogP contribution is 2.18. The molecule has 0 aliphatic rings. The Kier molecular flexibility index (Phi) is 2.17. The Morgan fingerprint density at radius 2 is 2.08 bits per heavy atom. The average Bonchev–Trinajstić information content (AvgIpc) is 2.71. The van der Waals surface area contributed by atoms with Crippen molar-refractivity contribution in [3.05, 3.63) is 48.2 Å². The molecule has 1 nitrogen and oxygen atoms in total. The van der Waals surface area contributed by atoms with E-state index in [0.29, 0.717) is 0 Å². The molecule has 1 heteroatoms. The summed E-state index contributed by atoms with van der Waals surface area (Å²) in [7, 11) is 0. The van der Waals surface area contributed by atoms with Crippen LogP contribution in [0, 0.1) is 0 Å². The first-order valence-electron chi connectivity index (χ1n) is 4.63. The van der Waals surface area contributed by atoms with Gasteiger partial charge in [-0.3, -0.25) is 0 Å². The molecule has 0 saturated carbocycles. The second-order valence-corrected chi connectivity index (χ2v) is 3.14. The first-order valence-corrected chi connectivity index (χ1v) is 4.63. The van der Waals surface area contributed by atoms with E-state index in [9.17, 15) is 0 Å². The van der Waals surface area contributed by atoms with Gasteiger partial charge in [0.15, 0.2) is 0 Å². The molecule has 2 aromatic rings. The fraction of sp³-hybridized carbons (Fsp3) is 0.167. The van der Waals surface area contributed by atoms with Crippen molar-refractivity contribution in [2.24, 2.45) is 0 Å². The van der Waals surface area contributed by atoms with E-state index in [2.05, 4.69) is 42.2 Å². The van der Waals surface area contributed by atoms with E-state index < -0.39 is 0 Å². The topological polar surface area (TPSA) is 15.8 Å². The Morgan fingerprint density at radius 1 is 1.15 bits per heavy atom. The van der Waals surface area contributed by atoms with E-state index in [1.54, 1.807) is 0 Å². The maximum Gasteiger partial charge on any atom is 0.0453 e. The molecule has 1 N–H and O–H groups in total. The van der Waals surface area contributed by atoms with Crippen LogP contribution in [0.15, 0.2) is 42.6 Å². The zero-order valence-corrected chi connectivity index (χ0v) is 7.75. The summed E-state index contributed by atoms with van der Waals surface area (Å²) in [6.07, 6.45) is 3.04. The second-order valence-electron chi connectivity index (χ2n) is 3.14. The van der Waals surface area contributed by atoms with Crippen LogP contribution >= 0.6 is 0 Å². The van der Waals surface area contributed by atoms with Crippen LogP contribution in [0.1, 0.15) is 12.5 Å². The minimum atomic E-state index is 1.09. The number of rotatable bonds is 2. The average molecular weight is 171 g/mol. The van der Waals surface area contributed by atoms with Gasteiger partial charge in [0, 0.05) is 11.9 Å². The van der Waals surface area contributed by atoms with E-state index >= 15 is 0 Å². The summed E-state index contributed by atoms with van der Waals surface area (Å²) in [5.74, 6) is 0. The molecule has 1 aromatic carbocycles. The SMILES string of the molecule is CCc1cccc(-c2ccc[nH]2)c1. The lowest BCUT2D eigenvalue weighted by atomic mass is 10.1. The van der Waals surface area contributed by atoms with Crippen molar-refractivity contribution in [1.82, 2.24) is 4.98 Å². The van der Waals surface area contributed by atoms with Crippen LogP contribution in [0.5, 0.6) is 0 Å². The van der Waals surface area contributed by atoms with Crippen LogP contribution in [-0.2, 0) is 6.42 Å². The Labute approximate surface area is 78.4 Å². The van der Waals surface area contributed by atoms with E-state index in [4.69, 9.17) is 0 Å². The summed E-state index contributed by atoms with van der Waals surface area (Å²) >= 11 is 0. The molecule has 0 aliphatic heterocycles. The molecule has 0 unspecified atom stereocenters. The zero-order valence-electron chi connectivity index (χ0n) is 7.75. The van der Waals surface area contributed by atoms with Crippen LogP contribution in [-0.4, -0.2) is 4.98 Å². The van der Waals surface area contributed by atoms with Crippen molar-refractivity contribution in [2.75, 3.05) is 0 Å². The van der Waals surface area contributed by atoms with Gasteiger partial charge in [0.2, 0.25) is 0 Å². The highest BCUT2D eigenvalue weighted by atomic mass is 14.7. The number of hydrogen-bond acceptors (Lipinski definition) is 0. The molecule has 1 aromatic heterocycles. The lowest BCUT2D eigenvalue weighted by Crippen LogP contribution is -1.81. The summed E-state index contributed by atoms with van der Waals surface area (Å²) in [5.41, 5.74) is 3.84. The number of nitrogens with one attached hydrogen (secondary N) is 1. The van der Waals surface area contributed by atoms with Gasteiger partial charge in [-0.2, -0.15) is 0 Å². The number of H-pyrrole nitrogens is 1. The molecule has 0 radical (unpaired) electrons. The van der Waals surface area contributed by atoms with Crippen molar-refractivity contribution in [3.63, 3.8) is 0 Å². The van der Waals surface area contributed by atoms with Gasteiger partial charge >= 0.3 is 0 Å². The van der Waals surface area contributed by atoms with Crippen LogP contribution < -0.4 is 0 Å². The highest BCUT2D eigenvalue weighted by Gasteiger charge is 1.97. The number of hydrogen-bond donors (Lipinski definition) is 1. The van der Waals surface area contributed by atoms with Gasteiger partial charge in [-0.1, -0.05) is 25.1 Å². The van der Waals surface area contributed by atoms with Crippen molar-refractivity contribution >= 4 is 0 Å². The molecule has 1 heterocycles. The standard InChI is InChI=1S/C12H13N/c1-2-10-5-3-6-11(9-10)12-7-4-8-13-12/h3-9,13H,2H2,1H3. The first-order chi connectivity index (χ1) is 6.40. The number of aromatic nitrogens is 1. The Balaban J connectivity index is 2.41. The summed E-state index contributed by atoms with van der Waals surface area (Å²) in [6, 6.07) is 12.7. The number of aromatic amines is 1. The van der Waals surface area contributed by atoms with Gasteiger partial charge in [0.25, 0.3) is 0 Å². The van der Waals surface area contributed by atoms with Gasteiger partial charge in [-0.15, -0.1) is 0 Å². The molecule has 0 saturated heterocycles. The van der Waals surface area contributed by atoms with E-state index in [1.807, 2.05) is 12.3 Å². The smallest absolute Gasteiger partial charge is 0.0453 e. The largest absolute Gasteiger partial charge is 0.361 e. The lowest BCUT2D eigenvalue weighted by molar-refractivity contribution is 1.14. The quantitative estimate of drug-likeness (QED) is 0.714. The third kappa shape index (κ3) is 1.64. The van der Waals surface area contributed by atoms with Gasteiger partial charge in [-0.05, 0) is 35.7 Å². The lowest BCUT2D eigenvalue weighted by Gasteiger charge is -2.00. The van der Waals surface area contributed by atoms with Gasteiger partial charge in [0.05, 0.1) is 0 Å². The monoisotopic (exact) mass is 171 g/mol. The van der Waals surface area contributed by atoms with Gasteiger partial charge in [-0.25, -0.2) is 0 Å². The molecule has 0 amide bonds. The zero-order chi connectivity index (χ0) is 9.10. The van der Waals surface area contributed by atoms with Crippen LogP contribution in [0.25, 0.3) is 11.3 Å². The summed E-state index contributed by atoms with van der Waals surface area (Å²) in [4.78, 5) is 3.20. The minimum absolute atomic E-state index is 1.09. The predicted molar refractivity (Wildman–Crippen MR) is 55.6 cm³/mol. The first kappa shape index (κ1) is 8.11. The summed E-state index contributed by atoms with van der Waals surface area (Å²) in [6.45, 7) is 2.17. The summed E-state index contributed by atoms with van der Waals surface area (Å²) < 4.78 is 0. The highest BCUT2D eigenvalue weighted by molar-refractivity contribution is 5.60. The van der Waals surface area contributed by atoms with E-state index in [-0.39, 0.29) is 0 Å². The van der Waals surface area contributed by atoms with Crippen molar-refractivity contribution in [3.8, 4) is 11.3 Å². The van der Waals surface area contributed by atoms with Crippen molar-refractivity contribution in [1.29, 1.82) is 0 Å². The minimum Gasteiger partial charge on any atom is -0.361 e. The maximum atomic E-state index is 3.20. The number of aryl methyl sites for hydroxylation is 1. The van der Waals surface area contributed by atoms with E-state index in [1.165, 1.54) is 16.8 Å². The normalized spacial score (nSPS) is 10.2. The molecule has 0 bridgehead atoms. The third-order valence-corrected chi connectivity index (χ3v) is 2.24. The molecular formula is C12H13N. The molecule has 13 heavy (non-hydrogen) atoms. The van der Waals surface area contributed by atoms with Crippen molar-refractivity contribution < 1.29 is 0 Å². The summed E-state index contributed by atoms with van der Waals surface area (Å²) in [5, 5.41) is 0. The van der Waals surface area contributed by atoms with Gasteiger partial charge in [0.1, 0.15) is 0 Å². The van der Waals surface area contributed by atoms with Crippen LogP contribution in [0.4, 0.5) is 0 Å². The van der Waals surface area contributed by atoms with Crippen LogP contribution in [0.3, 0.4) is 0 Å². The Bertz CT molecular complexity index is 374. The maximum absolute atomic E-state index is 3.20. The number of benzene rings is 1. The molecular weight excluding hydrogens is 158 g/mol. The molecule has 66 valence electrons.